The van der Waals surface area contributed by atoms with E-state index >= 15 is 0 Å². The van der Waals surface area contributed by atoms with Crippen molar-refractivity contribution < 1.29 is 17.7 Å². The molecule has 0 saturated heterocycles. The predicted octanol–water partition coefficient (Wildman–Crippen LogP) is 0.746. The van der Waals surface area contributed by atoms with Crippen LogP contribution in [0.5, 0.6) is 0 Å². The fraction of sp³-hybridized carbons (Fsp3) is 0.750. The van der Waals surface area contributed by atoms with Crippen LogP contribution in [0.1, 0.15) is 51.5 Å². The minimum absolute atomic E-state index is 0.164. The number of anilines is 1. The van der Waals surface area contributed by atoms with Crippen molar-refractivity contribution in [3.05, 3.63) is 6.33 Å². The lowest BCUT2D eigenvalue weighted by Gasteiger charge is -2.12. The van der Waals surface area contributed by atoms with Gasteiger partial charge in [-0.2, -0.15) is 8.42 Å². The molecule has 11 nitrogen and oxygen atoms in total. The molecule has 1 fully saturated rings. The van der Waals surface area contributed by atoms with E-state index in [0.29, 0.717) is 29.8 Å². The first-order valence-corrected chi connectivity index (χ1v) is 11.0. The molecule has 1 aliphatic carbocycles. The number of aliphatic hydroxyl groups is 1. The Labute approximate surface area is 163 Å². The first kappa shape index (κ1) is 20.8. The summed E-state index contributed by atoms with van der Waals surface area (Å²) in [7, 11) is -4.04. The Morgan fingerprint density at radius 3 is 2.89 bits per heavy atom. The van der Waals surface area contributed by atoms with Gasteiger partial charge in [-0.1, -0.05) is 31.4 Å². The average molecular weight is 414 g/mol. The Morgan fingerprint density at radius 1 is 1.32 bits per heavy atom. The van der Waals surface area contributed by atoms with Gasteiger partial charge in [0.2, 0.25) is 0 Å². The molecule has 2 aromatic rings. The van der Waals surface area contributed by atoms with E-state index in [0.717, 1.165) is 19.4 Å². The van der Waals surface area contributed by atoms with Gasteiger partial charge in [0.15, 0.2) is 17.0 Å². The number of hydrogen-bond donors (Lipinski definition) is 3. The van der Waals surface area contributed by atoms with Gasteiger partial charge in [-0.3, -0.25) is 4.18 Å². The highest BCUT2D eigenvalue weighted by molar-refractivity contribution is 7.84. The maximum absolute atomic E-state index is 11.0. The van der Waals surface area contributed by atoms with Crippen LogP contribution >= 0.6 is 0 Å². The molecular formula is C16H27N7O4S. The number of nitrogens with two attached hydrogens (primary N) is 1. The van der Waals surface area contributed by atoms with Crippen molar-refractivity contribution in [2.75, 3.05) is 18.5 Å². The summed E-state index contributed by atoms with van der Waals surface area (Å²) in [5.41, 5.74) is 1.16. The van der Waals surface area contributed by atoms with Gasteiger partial charge in [-0.25, -0.2) is 19.8 Å². The quantitative estimate of drug-likeness (QED) is 0.478. The number of unbranched alkanes of at least 4 members (excludes halogenated alkanes) is 3. The van der Waals surface area contributed by atoms with Gasteiger partial charge in [-0.15, -0.1) is 5.10 Å². The number of nitrogens with one attached hydrogen (secondary N) is 1. The Bertz CT molecular complexity index is 888. The van der Waals surface area contributed by atoms with Crippen molar-refractivity contribution in [3.8, 4) is 0 Å². The van der Waals surface area contributed by atoms with Crippen LogP contribution in [0, 0.1) is 5.92 Å². The van der Waals surface area contributed by atoms with Crippen molar-refractivity contribution >= 4 is 27.3 Å². The topological polar surface area (TPSA) is 158 Å². The molecule has 0 aliphatic heterocycles. The SMILES string of the molecule is CCCCCCNc1ncnc2c1nnn2[C@@H]1C[C@@H](COS(N)(=O)=O)[C@@H](O)C1. The van der Waals surface area contributed by atoms with E-state index in [9.17, 15) is 13.5 Å². The summed E-state index contributed by atoms with van der Waals surface area (Å²) in [5.74, 6) is 0.279. The van der Waals surface area contributed by atoms with Crippen molar-refractivity contribution in [1.29, 1.82) is 0 Å². The smallest absolute Gasteiger partial charge is 0.333 e. The third kappa shape index (κ3) is 5.13. The second-order valence-corrected chi connectivity index (χ2v) is 8.37. The molecule has 156 valence electrons. The summed E-state index contributed by atoms with van der Waals surface area (Å²) in [4.78, 5) is 8.56. The fourth-order valence-electron chi connectivity index (χ4n) is 3.53. The van der Waals surface area contributed by atoms with Gasteiger partial charge in [0.25, 0.3) is 0 Å². The van der Waals surface area contributed by atoms with Crippen molar-refractivity contribution in [3.63, 3.8) is 0 Å². The molecule has 0 amide bonds. The highest BCUT2D eigenvalue weighted by atomic mass is 32.2. The second-order valence-electron chi connectivity index (χ2n) is 7.15. The van der Waals surface area contributed by atoms with Gasteiger partial charge in [0, 0.05) is 12.5 Å². The average Bonchev–Trinajstić information content (AvgIpc) is 3.23. The summed E-state index contributed by atoms with van der Waals surface area (Å²) >= 11 is 0. The second kappa shape index (κ2) is 9.07. The molecule has 2 heterocycles. The van der Waals surface area contributed by atoms with E-state index in [1.54, 1.807) is 4.68 Å². The van der Waals surface area contributed by atoms with Crippen LogP contribution in [0.3, 0.4) is 0 Å². The molecule has 0 radical (unpaired) electrons. The van der Waals surface area contributed by atoms with Gasteiger partial charge < -0.3 is 10.4 Å². The van der Waals surface area contributed by atoms with Gasteiger partial charge in [0.05, 0.1) is 18.8 Å². The van der Waals surface area contributed by atoms with Crippen LogP contribution in [0.2, 0.25) is 0 Å². The molecule has 2 aromatic heterocycles. The molecule has 12 heteroatoms. The van der Waals surface area contributed by atoms with Gasteiger partial charge in [-0.05, 0) is 19.3 Å². The maximum Gasteiger partial charge on any atom is 0.333 e. The number of fused-ring (bicyclic) bond motifs is 1. The minimum atomic E-state index is -4.04. The summed E-state index contributed by atoms with van der Waals surface area (Å²) in [5, 5.41) is 26.8. The lowest BCUT2D eigenvalue weighted by Crippen LogP contribution is -2.24. The van der Waals surface area contributed by atoms with Crippen LogP contribution in [0.15, 0.2) is 6.33 Å². The van der Waals surface area contributed by atoms with Crippen molar-refractivity contribution in [2.45, 2.75) is 57.6 Å². The Balaban J connectivity index is 1.68. The number of rotatable bonds is 10. The van der Waals surface area contributed by atoms with E-state index in [-0.39, 0.29) is 18.6 Å². The summed E-state index contributed by atoms with van der Waals surface area (Å²) in [6.45, 7) is 2.81. The Kier molecular flexibility index (Phi) is 6.75. The third-order valence-corrected chi connectivity index (χ3v) is 5.47. The van der Waals surface area contributed by atoms with Crippen LogP contribution in [-0.4, -0.2) is 57.7 Å². The molecule has 0 bridgehead atoms. The fourth-order valence-corrected chi connectivity index (χ4v) is 3.90. The van der Waals surface area contributed by atoms with E-state index in [4.69, 9.17) is 5.14 Å². The predicted molar refractivity (Wildman–Crippen MR) is 103 cm³/mol. The van der Waals surface area contributed by atoms with E-state index < -0.39 is 16.4 Å². The molecule has 1 saturated carbocycles. The lowest BCUT2D eigenvalue weighted by atomic mass is 10.1. The van der Waals surface area contributed by atoms with Crippen molar-refractivity contribution in [2.24, 2.45) is 11.1 Å². The molecule has 28 heavy (non-hydrogen) atoms. The summed E-state index contributed by atoms with van der Waals surface area (Å²) in [6, 6.07) is -0.165. The third-order valence-electron chi connectivity index (χ3n) is 5.01. The molecule has 1 aliphatic rings. The summed E-state index contributed by atoms with van der Waals surface area (Å²) in [6.07, 6.45) is 6.23. The lowest BCUT2D eigenvalue weighted by molar-refractivity contribution is 0.100. The zero-order chi connectivity index (χ0) is 20.1. The van der Waals surface area contributed by atoms with E-state index in [2.05, 4.69) is 36.7 Å². The largest absolute Gasteiger partial charge is 0.393 e. The number of nitrogens with zero attached hydrogens (tertiary/aromatic N) is 5. The molecular weight excluding hydrogens is 386 g/mol. The number of aliphatic hydroxyl groups excluding tert-OH is 1. The standard InChI is InChI=1S/C16H27N7O4S/c1-2-3-4-5-6-18-15-14-16(20-10-19-15)23(22-21-14)12-7-11(13(24)8-12)9-27-28(17,25)26/h10-13,24H,2-9H2,1H3,(H2,17,25,26)(H,18,19,20)/t11-,12+,13-/m0/s1. The van der Waals surface area contributed by atoms with E-state index in [1.165, 1.54) is 19.2 Å². The zero-order valence-electron chi connectivity index (χ0n) is 15.9. The number of hydrogen-bond acceptors (Lipinski definition) is 9. The highest BCUT2D eigenvalue weighted by Gasteiger charge is 2.36. The minimum Gasteiger partial charge on any atom is -0.393 e. The molecule has 0 aromatic carbocycles. The van der Waals surface area contributed by atoms with Gasteiger partial charge >= 0.3 is 10.3 Å². The molecule has 0 spiro atoms. The van der Waals surface area contributed by atoms with Crippen molar-refractivity contribution in [1.82, 2.24) is 25.0 Å². The van der Waals surface area contributed by atoms with E-state index in [1.807, 2.05) is 0 Å². The molecule has 3 rings (SSSR count). The van der Waals surface area contributed by atoms with Crippen LogP contribution in [-0.2, 0) is 14.5 Å². The molecule has 3 atom stereocenters. The maximum atomic E-state index is 11.0. The van der Waals surface area contributed by atoms with Crippen LogP contribution in [0.4, 0.5) is 5.82 Å². The normalized spacial score (nSPS) is 22.8. The molecule has 0 unspecified atom stereocenters. The van der Waals surface area contributed by atoms with Gasteiger partial charge in [0.1, 0.15) is 6.33 Å². The highest BCUT2D eigenvalue weighted by Crippen LogP contribution is 2.36. The summed E-state index contributed by atoms with van der Waals surface area (Å²) < 4.78 is 28.3. The van der Waals surface area contributed by atoms with Crippen LogP contribution in [0.25, 0.3) is 11.2 Å². The first-order chi connectivity index (χ1) is 13.4. The van der Waals surface area contributed by atoms with Crippen LogP contribution < -0.4 is 10.5 Å². The molecule has 4 N–H and O–H groups in total. The Morgan fingerprint density at radius 2 is 2.14 bits per heavy atom. The number of aromatic nitrogens is 5. The Hall–Kier alpha value is -1.89. The zero-order valence-corrected chi connectivity index (χ0v) is 16.7. The first-order valence-electron chi connectivity index (χ1n) is 9.54. The monoisotopic (exact) mass is 413 g/mol.